The zero-order valence-corrected chi connectivity index (χ0v) is 20.4. The molecule has 0 radical (unpaired) electrons. The van der Waals surface area contributed by atoms with Gasteiger partial charge in [-0.15, -0.1) is 0 Å². The first-order valence-electron chi connectivity index (χ1n) is 12.0. The van der Waals surface area contributed by atoms with Crippen LogP contribution in [-0.4, -0.2) is 47.7 Å². The number of piperidine rings is 1. The molecule has 6 nitrogen and oxygen atoms in total. The van der Waals surface area contributed by atoms with Crippen molar-refractivity contribution in [3.05, 3.63) is 71.2 Å². The molecule has 1 fully saturated rings. The number of likely N-dealkylation sites (tertiary alicyclic amines) is 1. The predicted octanol–water partition coefficient (Wildman–Crippen LogP) is 4.52. The number of aliphatic carboxylic acids is 1. The second-order valence-corrected chi connectivity index (χ2v) is 9.28. The summed E-state index contributed by atoms with van der Waals surface area (Å²) in [6.07, 6.45) is 2.70. The predicted molar refractivity (Wildman–Crippen MR) is 133 cm³/mol. The third-order valence-corrected chi connectivity index (χ3v) is 6.84. The summed E-state index contributed by atoms with van der Waals surface area (Å²) in [7, 11) is 1.53. The van der Waals surface area contributed by atoms with Crippen LogP contribution in [0.1, 0.15) is 36.4 Å². The molecule has 3 aromatic rings. The number of carbonyl (C=O) groups is 1. The van der Waals surface area contributed by atoms with Crippen LogP contribution in [0.25, 0.3) is 10.9 Å². The van der Waals surface area contributed by atoms with E-state index in [0.717, 1.165) is 24.4 Å². The molecule has 2 unspecified atom stereocenters. The molecule has 3 N–H and O–H groups in total. The van der Waals surface area contributed by atoms with Crippen molar-refractivity contribution in [1.82, 2.24) is 9.88 Å². The normalized spacial score (nSPS) is 18.7. The van der Waals surface area contributed by atoms with Gasteiger partial charge in [-0.2, -0.15) is 0 Å². The van der Waals surface area contributed by atoms with E-state index in [1.807, 2.05) is 4.90 Å². The van der Waals surface area contributed by atoms with E-state index in [2.05, 4.69) is 16.8 Å². The minimum absolute atomic E-state index is 0.129. The zero-order chi connectivity index (χ0) is 26.5. The number of rotatable bonds is 7. The van der Waals surface area contributed by atoms with Crippen LogP contribution >= 0.6 is 0 Å². The smallest absolute Gasteiger partial charge is 0.308 e. The van der Waals surface area contributed by atoms with E-state index < -0.39 is 35.4 Å². The van der Waals surface area contributed by atoms with Gasteiger partial charge in [0.15, 0.2) is 0 Å². The van der Waals surface area contributed by atoms with Gasteiger partial charge in [-0.25, -0.2) is 13.2 Å². The SMILES string of the molecule is COc1ccc2ncc(F)c([C@H](N)CCC3CCN(CC#Cc4cc(F)cc(F)c4)CC3C(=O)O)c2c1. The minimum Gasteiger partial charge on any atom is -0.497 e. The second-order valence-electron chi connectivity index (χ2n) is 9.28. The Balaban J connectivity index is 1.41. The fraction of sp³-hybridized carbons (Fsp3) is 0.357. The van der Waals surface area contributed by atoms with Crippen molar-refractivity contribution in [3.8, 4) is 17.6 Å². The van der Waals surface area contributed by atoms with Crippen LogP contribution < -0.4 is 10.5 Å². The van der Waals surface area contributed by atoms with Crippen LogP contribution in [0.3, 0.4) is 0 Å². The number of hydrogen-bond donors (Lipinski definition) is 2. The molecule has 9 heteroatoms. The van der Waals surface area contributed by atoms with E-state index in [1.165, 1.54) is 7.11 Å². The van der Waals surface area contributed by atoms with Gasteiger partial charge in [0.2, 0.25) is 0 Å². The fourth-order valence-corrected chi connectivity index (χ4v) is 4.93. The average molecular weight is 512 g/mol. The summed E-state index contributed by atoms with van der Waals surface area (Å²) in [4.78, 5) is 18.1. The summed E-state index contributed by atoms with van der Waals surface area (Å²) in [5, 5.41) is 10.4. The molecular formula is C28H28F3N3O3. The van der Waals surface area contributed by atoms with E-state index in [1.54, 1.807) is 18.2 Å². The first-order valence-corrected chi connectivity index (χ1v) is 12.0. The second kappa shape index (κ2) is 11.6. The first-order chi connectivity index (χ1) is 17.7. The van der Waals surface area contributed by atoms with Gasteiger partial charge in [0.1, 0.15) is 23.2 Å². The number of carboxylic acid groups (broad SMARTS) is 1. The summed E-state index contributed by atoms with van der Waals surface area (Å²) in [6.45, 7) is 1.20. The Morgan fingerprint density at radius 2 is 2.00 bits per heavy atom. The lowest BCUT2D eigenvalue weighted by Gasteiger charge is -2.36. The van der Waals surface area contributed by atoms with Gasteiger partial charge in [0.05, 0.1) is 31.3 Å². The van der Waals surface area contributed by atoms with Crippen molar-refractivity contribution in [2.45, 2.75) is 25.3 Å². The van der Waals surface area contributed by atoms with Crippen molar-refractivity contribution in [3.63, 3.8) is 0 Å². The summed E-state index contributed by atoms with van der Waals surface area (Å²) < 4.78 is 46.7. The Bertz CT molecular complexity index is 1330. The highest BCUT2D eigenvalue weighted by atomic mass is 19.1. The van der Waals surface area contributed by atoms with Crippen LogP contribution in [0.5, 0.6) is 5.75 Å². The monoisotopic (exact) mass is 511 g/mol. The third-order valence-electron chi connectivity index (χ3n) is 6.84. The van der Waals surface area contributed by atoms with E-state index >= 15 is 0 Å². The Morgan fingerprint density at radius 1 is 1.24 bits per heavy atom. The largest absolute Gasteiger partial charge is 0.497 e. The Labute approximate surface area is 213 Å². The molecule has 4 rings (SSSR count). The van der Waals surface area contributed by atoms with Gasteiger partial charge in [0.25, 0.3) is 0 Å². The minimum atomic E-state index is -0.909. The molecule has 2 heterocycles. The van der Waals surface area contributed by atoms with Crippen LogP contribution in [0.4, 0.5) is 13.2 Å². The van der Waals surface area contributed by atoms with Crippen molar-refractivity contribution >= 4 is 16.9 Å². The summed E-state index contributed by atoms with van der Waals surface area (Å²) >= 11 is 0. The van der Waals surface area contributed by atoms with Gasteiger partial charge in [-0.05, 0) is 62.1 Å². The van der Waals surface area contributed by atoms with Gasteiger partial charge in [-0.1, -0.05) is 11.8 Å². The maximum absolute atomic E-state index is 14.8. The molecular weight excluding hydrogens is 483 g/mol. The Hall–Kier alpha value is -3.61. The zero-order valence-electron chi connectivity index (χ0n) is 20.4. The van der Waals surface area contributed by atoms with Crippen LogP contribution in [-0.2, 0) is 4.79 Å². The Morgan fingerprint density at radius 3 is 2.70 bits per heavy atom. The van der Waals surface area contributed by atoms with Crippen LogP contribution in [0, 0.1) is 41.1 Å². The molecule has 37 heavy (non-hydrogen) atoms. The van der Waals surface area contributed by atoms with Gasteiger partial charge >= 0.3 is 5.97 Å². The molecule has 2 aromatic carbocycles. The summed E-state index contributed by atoms with van der Waals surface area (Å²) in [5.41, 5.74) is 7.60. The van der Waals surface area contributed by atoms with Gasteiger partial charge < -0.3 is 15.6 Å². The van der Waals surface area contributed by atoms with E-state index in [-0.39, 0.29) is 18.0 Å². The topological polar surface area (TPSA) is 88.7 Å². The lowest BCUT2D eigenvalue weighted by molar-refractivity contribution is -0.146. The number of carboxylic acids is 1. The molecule has 1 saturated heterocycles. The van der Waals surface area contributed by atoms with Crippen LogP contribution in [0.2, 0.25) is 0 Å². The van der Waals surface area contributed by atoms with Crippen LogP contribution in [0.15, 0.2) is 42.6 Å². The third kappa shape index (κ3) is 6.40. The molecule has 3 atom stereocenters. The number of benzene rings is 2. The van der Waals surface area contributed by atoms with E-state index in [0.29, 0.717) is 54.6 Å². The van der Waals surface area contributed by atoms with E-state index in [9.17, 15) is 23.1 Å². The van der Waals surface area contributed by atoms with Crippen molar-refractivity contribution in [2.24, 2.45) is 17.6 Å². The number of methoxy groups -OCH3 is 1. The van der Waals surface area contributed by atoms with Crippen molar-refractivity contribution in [2.75, 3.05) is 26.7 Å². The number of nitrogens with zero attached hydrogens (tertiary/aromatic N) is 2. The number of halogens is 3. The molecule has 0 aliphatic carbocycles. The summed E-state index contributed by atoms with van der Waals surface area (Å²) in [6, 6.07) is 7.64. The number of aromatic nitrogens is 1. The molecule has 1 aliphatic heterocycles. The highest BCUT2D eigenvalue weighted by Gasteiger charge is 2.34. The molecule has 0 bridgehead atoms. The fourth-order valence-electron chi connectivity index (χ4n) is 4.93. The molecule has 0 spiro atoms. The number of pyridine rings is 1. The highest BCUT2D eigenvalue weighted by Crippen LogP contribution is 2.34. The molecule has 0 saturated carbocycles. The standard InChI is InChI=1S/C28H28F3N3O3/c1-37-21-5-7-26-22(14-21)27(24(31)15-33-26)25(32)6-4-18-8-10-34(16-23(18)28(35)36)9-2-3-17-11-19(29)13-20(30)12-17/h5,7,11-15,18,23,25H,4,6,8-10,16,32H2,1H3,(H,35,36)/t18?,23?,25-/m1/s1. The van der Waals surface area contributed by atoms with E-state index in [4.69, 9.17) is 10.5 Å². The molecule has 1 aliphatic rings. The quantitative estimate of drug-likeness (QED) is 0.454. The highest BCUT2D eigenvalue weighted by molar-refractivity contribution is 5.84. The average Bonchev–Trinajstić information content (AvgIpc) is 2.86. The molecule has 0 amide bonds. The summed E-state index contributed by atoms with van der Waals surface area (Å²) in [5.74, 6) is 2.60. The maximum atomic E-state index is 14.8. The molecule has 194 valence electrons. The Kier molecular flexibility index (Phi) is 8.31. The first kappa shape index (κ1) is 26.5. The van der Waals surface area contributed by atoms with Crippen molar-refractivity contribution in [1.29, 1.82) is 0 Å². The van der Waals surface area contributed by atoms with Crippen molar-refractivity contribution < 1.29 is 27.8 Å². The molecule has 1 aromatic heterocycles. The van der Waals surface area contributed by atoms with Gasteiger partial charge in [0, 0.05) is 35.2 Å². The number of nitrogens with two attached hydrogens (primary N) is 1. The number of fused-ring (bicyclic) bond motifs is 1. The lowest BCUT2D eigenvalue weighted by atomic mass is 9.81. The number of ether oxygens (including phenoxy) is 1. The van der Waals surface area contributed by atoms with Gasteiger partial charge in [-0.3, -0.25) is 14.7 Å². The number of hydrogen-bond acceptors (Lipinski definition) is 5. The maximum Gasteiger partial charge on any atom is 0.308 e. The lowest BCUT2D eigenvalue weighted by Crippen LogP contribution is -2.44.